The van der Waals surface area contributed by atoms with E-state index < -0.39 is 11.4 Å². The normalized spacial score (nSPS) is 29.8. The van der Waals surface area contributed by atoms with Crippen molar-refractivity contribution in [1.82, 2.24) is 20.0 Å². The topological polar surface area (TPSA) is 90.0 Å². The van der Waals surface area contributed by atoms with E-state index in [0.717, 1.165) is 37.1 Å². The van der Waals surface area contributed by atoms with E-state index in [2.05, 4.69) is 10.2 Å². The zero-order valence-corrected chi connectivity index (χ0v) is 15.7. The first kappa shape index (κ1) is 18.3. The summed E-state index contributed by atoms with van der Waals surface area (Å²) in [6.07, 6.45) is 8.32. The van der Waals surface area contributed by atoms with Gasteiger partial charge in [-0.1, -0.05) is 19.3 Å². The molecule has 0 aromatic heterocycles. The lowest BCUT2D eigenvalue weighted by Gasteiger charge is -2.44. The van der Waals surface area contributed by atoms with Gasteiger partial charge in [-0.3, -0.25) is 19.3 Å². The molecule has 3 saturated heterocycles. The van der Waals surface area contributed by atoms with E-state index in [9.17, 15) is 19.2 Å². The Kier molecular flexibility index (Phi) is 4.82. The molecular formula is C19H28N4O4. The van der Waals surface area contributed by atoms with Crippen molar-refractivity contribution in [2.24, 2.45) is 5.41 Å². The second kappa shape index (κ2) is 7.13. The molecule has 1 N–H and O–H groups in total. The first-order valence-electron chi connectivity index (χ1n) is 10.2. The highest BCUT2D eigenvalue weighted by Crippen LogP contribution is 2.42. The Labute approximate surface area is 159 Å². The standard InChI is InChI=1S/C19H28N4O4/c24-15-11-20-18(27)23(15)12-16(25)21-10-8-19(13-21)7-4-9-22(17(19)26)14-5-2-1-3-6-14/h14H,1-13H2,(H,20,27)/t19-/m0/s1. The van der Waals surface area contributed by atoms with Gasteiger partial charge in [0.25, 0.3) is 5.91 Å². The minimum absolute atomic E-state index is 0.0507. The maximum absolute atomic E-state index is 13.3. The van der Waals surface area contributed by atoms with Crippen molar-refractivity contribution >= 4 is 23.8 Å². The van der Waals surface area contributed by atoms with Gasteiger partial charge >= 0.3 is 6.03 Å². The van der Waals surface area contributed by atoms with Gasteiger partial charge in [0.2, 0.25) is 11.8 Å². The van der Waals surface area contributed by atoms with E-state index in [0.29, 0.717) is 25.6 Å². The third kappa shape index (κ3) is 3.30. The van der Waals surface area contributed by atoms with Gasteiger partial charge in [0.1, 0.15) is 6.54 Å². The molecule has 27 heavy (non-hydrogen) atoms. The summed E-state index contributed by atoms with van der Waals surface area (Å²) in [6.45, 7) is 1.48. The fourth-order valence-corrected chi connectivity index (χ4v) is 5.16. The van der Waals surface area contributed by atoms with Gasteiger partial charge in [-0.2, -0.15) is 0 Å². The second-order valence-electron chi connectivity index (χ2n) is 8.38. The van der Waals surface area contributed by atoms with Gasteiger partial charge < -0.3 is 15.1 Å². The number of likely N-dealkylation sites (tertiary alicyclic amines) is 2. The number of carbonyl (C=O) groups excluding carboxylic acids is 4. The van der Waals surface area contributed by atoms with Crippen LogP contribution < -0.4 is 5.32 Å². The highest BCUT2D eigenvalue weighted by molar-refractivity contribution is 6.04. The number of nitrogens with one attached hydrogen (secondary N) is 1. The fourth-order valence-electron chi connectivity index (χ4n) is 5.16. The van der Waals surface area contributed by atoms with Crippen molar-refractivity contribution in [2.75, 3.05) is 32.7 Å². The van der Waals surface area contributed by atoms with Crippen molar-refractivity contribution in [1.29, 1.82) is 0 Å². The Morgan fingerprint density at radius 2 is 1.81 bits per heavy atom. The number of carbonyl (C=O) groups is 4. The summed E-state index contributed by atoms with van der Waals surface area (Å²) in [5.41, 5.74) is -0.470. The SMILES string of the molecule is O=C(CN1C(=O)CNC1=O)N1CC[C@@]2(CCCN(C3CCCCC3)C2=O)C1. The summed E-state index contributed by atoms with van der Waals surface area (Å²) in [5, 5.41) is 2.43. The van der Waals surface area contributed by atoms with Gasteiger partial charge in [0.15, 0.2) is 0 Å². The van der Waals surface area contributed by atoms with Crippen LogP contribution in [-0.2, 0) is 14.4 Å². The van der Waals surface area contributed by atoms with Crippen molar-refractivity contribution in [3.8, 4) is 0 Å². The molecule has 4 fully saturated rings. The molecule has 8 heteroatoms. The third-order valence-electron chi connectivity index (χ3n) is 6.72. The van der Waals surface area contributed by atoms with Crippen molar-refractivity contribution in [3.63, 3.8) is 0 Å². The first-order chi connectivity index (χ1) is 13.0. The number of amides is 5. The summed E-state index contributed by atoms with van der Waals surface area (Å²) in [7, 11) is 0. The fraction of sp³-hybridized carbons (Fsp3) is 0.789. The van der Waals surface area contributed by atoms with Crippen LogP contribution in [0.4, 0.5) is 4.79 Å². The number of urea groups is 1. The maximum Gasteiger partial charge on any atom is 0.325 e. The number of piperidine rings is 1. The molecular weight excluding hydrogens is 348 g/mol. The Bertz CT molecular complexity index is 644. The molecule has 4 aliphatic rings. The van der Waals surface area contributed by atoms with E-state index in [1.807, 2.05) is 0 Å². The van der Waals surface area contributed by atoms with Gasteiger partial charge in [0, 0.05) is 25.7 Å². The molecule has 3 aliphatic heterocycles. The predicted molar refractivity (Wildman–Crippen MR) is 96.6 cm³/mol. The van der Waals surface area contributed by atoms with E-state index in [1.54, 1.807) is 4.90 Å². The zero-order chi connectivity index (χ0) is 19.0. The number of rotatable bonds is 3. The summed E-state index contributed by atoms with van der Waals surface area (Å²) in [4.78, 5) is 54.1. The minimum atomic E-state index is -0.514. The molecule has 1 spiro atoms. The molecule has 1 aliphatic carbocycles. The molecule has 1 saturated carbocycles. The van der Waals surface area contributed by atoms with Crippen LogP contribution in [0.15, 0.2) is 0 Å². The van der Waals surface area contributed by atoms with Crippen molar-refractivity contribution in [2.45, 2.75) is 57.4 Å². The lowest BCUT2D eigenvalue weighted by atomic mass is 9.77. The average molecular weight is 376 g/mol. The summed E-state index contributed by atoms with van der Waals surface area (Å²) in [5.74, 6) is -0.412. The number of hydrogen-bond donors (Lipinski definition) is 1. The molecule has 1 atom stereocenters. The largest absolute Gasteiger partial charge is 0.340 e. The zero-order valence-electron chi connectivity index (χ0n) is 15.7. The molecule has 5 amide bonds. The molecule has 0 radical (unpaired) electrons. The maximum atomic E-state index is 13.3. The molecule has 4 rings (SSSR count). The van der Waals surface area contributed by atoms with Crippen molar-refractivity contribution in [3.05, 3.63) is 0 Å². The van der Waals surface area contributed by atoms with Crippen LogP contribution >= 0.6 is 0 Å². The minimum Gasteiger partial charge on any atom is -0.340 e. The third-order valence-corrected chi connectivity index (χ3v) is 6.72. The van der Waals surface area contributed by atoms with Crippen LogP contribution in [0.25, 0.3) is 0 Å². The molecule has 0 unspecified atom stereocenters. The molecule has 3 heterocycles. The predicted octanol–water partition coefficient (Wildman–Crippen LogP) is 0.712. The monoisotopic (exact) mass is 376 g/mol. The van der Waals surface area contributed by atoms with E-state index in [-0.39, 0.29) is 30.8 Å². The quantitative estimate of drug-likeness (QED) is 0.735. The van der Waals surface area contributed by atoms with Crippen LogP contribution in [0.5, 0.6) is 0 Å². The van der Waals surface area contributed by atoms with E-state index in [1.165, 1.54) is 19.3 Å². The van der Waals surface area contributed by atoms with Crippen LogP contribution in [0.2, 0.25) is 0 Å². The summed E-state index contributed by atoms with van der Waals surface area (Å²) >= 11 is 0. The molecule has 8 nitrogen and oxygen atoms in total. The van der Waals surface area contributed by atoms with E-state index >= 15 is 0 Å². The number of nitrogens with zero attached hydrogens (tertiary/aromatic N) is 3. The smallest absolute Gasteiger partial charge is 0.325 e. The number of hydrogen-bond acceptors (Lipinski definition) is 4. The lowest BCUT2D eigenvalue weighted by Crippen LogP contribution is -2.54. The van der Waals surface area contributed by atoms with Gasteiger partial charge in [0.05, 0.1) is 12.0 Å². The van der Waals surface area contributed by atoms with Crippen LogP contribution in [0.1, 0.15) is 51.4 Å². The molecule has 0 bridgehead atoms. The number of imide groups is 1. The molecule has 148 valence electrons. The summed E-state index contributed by atoms with van der Waals surface area (Å²) < 4.78 is 0. The van der Waals surface area contributed by atoms with Crippen LogP contribution in [0.3, 0.4) is 0 Å². The Morgan fingerprint density at radius 1 is 1.04 bits per heavy atom. The van der Waals surface area contributed by atoms with Gasteiger partial charge in [-0.05, 0) is 32.1 Å². The highest BCUT2D eigenvalue weighted by atomic mass is 16.2. The average Bonchev–Trinajstić information content (AvgIpc) is 3.24. The molecule has 0 aromatic rings. The first-order valence-corrected chi connectivity index (χ1v) is 10.2. The highest BCUT2D eigenvalue weighted by Gasteiger charge is 2.50. The van der Waals surface area contributed by atoms with Crippen LogP contribution in [0, 0.1) is 5.41 Å². The summed E-state index contributed by atoms with van der Waals surface area (Å²) in [6, 6.07) is -0.154. The Hall–Kier alpha value is -2.12. The second-order valence-corrected chi connectivity index (χ2v) is 8.38. The van der Waals surface area contributed by atoms with Crippen molar-refractivity contribution < 1.29 is 19.2 Å². The Balaban J connectivity index is 1.41. The lowest BCUT2D eigenvalue weighted by molar-refractivity contribution is -0.149. The molecule has 0 aromatic carbocycles. The van der Waals surface area contributed by atoms with Gasteiger partial charge in [-0.25, -0.2) is 4.79 Å². The van der Waals surface area contributed by atoms with Crippen LogP contribution in [-0.4, -0.2) is 77.2 Å². The van der Waals surface area contributed by atoms with Gasteiger partial charge in [-0.15, -0.1) is 0 Å². The Morgan fingerprint density at radius 3 is 2.52 bits per heavy atom. The van der Waals surface area contributed by atoms with E-state index in [4.69, 9.17) is 0 Å².